The highest BCUT2D eigenvalue weighted by Gasteiger charge is 1.97. The minimum atomic E-state index is 0.642. The fourth-order valence-corrected chi connectivity index (χ4v) is 1.05. The van der Waals surface area contributed by atoms with Crippen LogP contribution in [0.15, 0.2) is 5.16 Å². The van der Waals surface area contributed by atoms with Crippen LogP contribution in [0.3, 0.4) is 0 Å². The van der Waals surface area contributed by atoms with Gasteiger partial charge in [0.15, 0.2) is 0 Å². The van der Waals surface area contributed by atoms with Gasteiger partial charge in [-0.15, -0.1) is 10.2 Å². The largest absolute Gasteiger partial charge is 0.330 e. The second-order valence-corrected chi connectivity index (χ2v) is 2.76. The number of hydrogen-bond donors (Lipinski definition) is 1. The van der Waals surface area contributed by atoms with Crippen molar-refractivity contribution in [1.29, 1.82) is 0 Å². The highest BCUT2D eigenvalue weighted by Crippen LogP contribution is 2.07. The third-order valence-corrected chi connectivity index (χ3v) is 1.70. The van der Waals surface area contributed by atoms with E-state index in [2.05, 4.69) is 15.4 Å². The van der Waals surface area contributed by atoms with Gasteiger partial charge in [-0.1, -0.05) is 11.8 Å². The molecule has 1 heterocycles. The zero-order chi connectivity index (χ0) is 7.40. The molecule has 0 radical (unpaired) electrons. The summed E-state index contributed by atoms with van der Waals surface area (Å²) in [7, 11) is 1.74. The summed E-state index contributed by atoms with van der Waals surface area (Å²) in [6.07, 6.45) is 0. The molecule has 0 unspecified atom stereocenters. The molecule has 56 valence electrons. The van der Waals surface area contributed by atoms with Gasteiger partial charge in [-0.25, -0.2) is 0 Å². The Morgan fingerprint density at radius 3 is 3.00 bits per heavy atom. The SMILES string of the molecule is Cn1nnc(SCCN)n1. The lowest BCUT2D eigenvalue weighted by Gasteiger charge is -1.87. The number of thioether (sulfide) groups is 1. The molecule has 0 atom stereocenters. The van der Waals surface area contributed by atoms with E-state index in [4.69, 9.17) is 5.73 Å². The molecule has 6 heteroatoms. The standard InChI is InChI=1S/C4H9N5S/c1-9-7-4(6-8-9)10-3-2-5/h2-3,5H2,1H3. The summed E-state index contributed by atoms with van der Waals surface area (Å²) in [5.41, 5.74) is 5.28. The molecule has 1 aromatic heterocycles. The quantitative estimate of drug-likeness (QED) is 0.588. The van der Waals surface area contributed by atoms with Gasteiger partial charge in [-0.05, 0) is 5.21 Å². The Morgan fingerprint density at radius 1 is 1.70 bits per heavy atom. The molecule has 1 aromatic rings. The van der Waals surface area contributed by atoms with Gasteiger partial charge in [0.2, 0.25) is 5.16 Å². The van der Waals surface area contributed by atoms with E-state index in [-0.39, 0.29) is 0 Å². The number of aromatic nitrogens is 4. The molecule has 1 rings (SSSR count). The summed E-state index contributed by atoms with van der Waals surface area (Å²) in [5.74, 6) is 0.839. The fourth-order valence-electron chi connectivity index (χ4n) is 0.475. The molecule has 0 fully saturated rings. The highest BCUT2D eigenvalue weighted by molar-refractivity contribution is 7.99. The summed E-state index contributed by atoms with van der Waals surface area (Å²) in [6.45, 7) is 0.642. The third kappa shape index (κ3) is 1.96. The van der Waals surface area contributed by atoms with Gasteiger partial charge in [0.25, 0.3) is 0 Å². The van der Waals surface area contributed by atoms with Crippen molar-refractivity contribution in [2.24, 2.45) is 12.8 Å². The van der Waals surface area contributed by atoms with E-state index in [1.165, 1.54) is 16.6 Å². The van der Waals surface area contributed by atoms with Crippen LogP contribution in [0.1, 0.15) is 0 Å². The maximum atomic E-state index is 5.28. The van der Waals surface area contributed by atoms with Crippen molar-refractivity contribution in [1.82, 2.24) is 20.2 Å². The molecule has 0 spiro atoms. The normalized spacial score (nSPS) is 10.2. The number of aryl methyl sites for hydroxylation is 1. The van der Waals surface area contributed by atoms with Gasteiger partial charge in [-0.3, -0.25) is 0 Å². The average Bonchev–Trinajstić information content (AvgIpc) is 2.31. The van der Waals surface area contributed by atoms with Crippen LogP contribution in [0, 0.1) is 0 Å². The zero-order valence-electron chi connectivity index (χ0n) is 5.69. The summed E-state index contributed by atoms with van der Waals surface area (Å²) >= 11 is 1.51. The second-order valence-electron chi connectivity index (χ2n) is 1.70. The monoisotopic (exact) mass is 159 g/mol. The Kier molecular flexibility index (Phi) is 2.64. The predicted molar refractivity (Wildman–Crippen MR) is 38.6 cm³/mol. The lowest BCUT2D eigenvalue weighted by molar-refractivity contribution is 0.626. The van der Waals surface area contributed by atoms with Crippen molar-refractivity contribution in [3.05, 3.63) is 0 Å². The van der Waals surface area contributed by atoms with E-state index in [0.29, 0.717) is 11.7 Å². The van der Waals surface area contributed by atoms with Gasteiger partial charge in [-0.2, -0.15) is 4.80 Å². The van der Waals surface area contributed by atoms with E-state index >= 15 is 0 Å². The van der Waals surface area contributed by atoms with Crippen LogP contribution in [0.4, 0.5) is 0 Å². The first-order valence-corrected chi connectivity index (χ1v) is 3.88. The van der Waals surface area contributed by atoms with Crippen LogP contribution in [-0.4, -0.2) is 32.5 Å². The van der Waals surface area contributed by atoms with Gasteiger partial charge in [0, 0.05) is 12.3 Å². The molecular weight excluding hydrogens is 150 g/mol. The van der Waals surface area contributed by atoms with E-state index in [1.807, 2.05) is 0 Å². The summed E-state index contributed by atoms with van der Waals surface area (Å²) in [5, 5.41) is 12.1. The van der Waals surface area contributed by atoms with Crippen molar-refractivity contribution >= 4 is 11.8 Å². The topological polar surface area (TPSA) is 69.6 Å². The Labute approximate surface area is 63.0 Å². The Hall–Kier alpha value is -0.620. The summed E-state index contributed by atoms with van der Waals surface area (Å²) in [6, 6.07) is 0. The first kappa shape index (κ1) is 7.49. The van der Waals surface area contributed by atoms with Gasteiger partial charge >= 0.3 is 0 Å². The van der Waals surface area contributed by atoms with Crippen LogP contribution in [0.2, 0.25) is 0 Å². The molecule has 0 bridgehead atoms. The molecule has 0 amide bonds. The molecule has 0 saturated carbocycles. The third-order valence-electron chi connectivity index (χ3n) is 0.839. The first-order chi connectivity index (χ1) is 4.83. The number of hydrogen-bond acceptors (Lipinski definition) is 5. The number of rotatable bonds is 3. The lowest BCUT2D eigenvalue weighted by atomic mass is 10.8. The summed E-state index contributed by atoms with van der Waals surface area (Å²) < 4.78 is 0. The minimum absolute atomic E-state index is 0.642. The molecule has 0 aromatic carbocycles. The molecule has 0 aliphatic rings. The lowest BCUT2D eigenvalue weighted by Crippen LogP contribution is -2.01. The van der Waals surface area contributed by atoms with Crippen molar-refractivity contribution < 1.29 is 0 Å². The van der Waals surface area contributed by atoms with Crippen molar-refractivity contribution in [3.8, 4) is 0 Å². The molecule has 5 nitrogen and oxygen atoms in total. The fraction of sp³-hybridized carbons (Fsp3) is 0.750. The Bertz CT molecular complexity index is 197. The van der Waals surface area contributed by atoms with E-state index < -0.39 is 0 Å². The maximum absolute atomic E-state index is 5.28. The summed E-state index contributed by atoms with van der Waals surface area (Å²) in [4.78, 5) is 1.43. The minimum Gasteiger partial charge on any atom is -0.330 e. The zero-order valence-corrected chi connectivity index (χ0v) is 6.51. The van der Waals surface area contributed by atoms with Crippen molar-refractivity contribution in [3.63, 3.8) is 0 Å². The van der Waals surface area contributed by atoms with Crippen LogP contribution < -0.4 is 5.73 Å². The van der Waals surface area contributed by atoms with E-state index in [9.17, 15) is 0 Å². The average molecular weight is 159 g/mol. The Morgan fingerprint density at radius 2 is 2.50 bits per heavy atom. The number of nitrogens with zero attached hydrogens (tertiary/aromatic N) is 4. The number of nitrogens with two attached hydrogens (primary N) is 1. The molecule has 2 N–H and O–H groups in total. The highest BCUT2D eigenvalue weighted by atomic mass is 32.2. The Balaban J connectivity index is 2.42. The van der Waals surface area contributed by atoms with E-state index in [0.717, 1.165) is 5.75 Å². The van der Waals surface area contributed by atoms with Crippen LogP contribution >= 0.6 is 11.8 Å². The second kappa shape index (κ2) is 3.52. The van der Waals surface area contributed by atoms with Crippen LogP contribution in [0.25, 0.3) is 0 Å². The molecule has 10 heavy (non-hydrogen) atoms. The van der Waals surface area contributed by atoms with Gasteiger partial charge in [0.1, 0.15) is 0 Å². The molecular formula is C4H9N5S. The smallest absolute Gasteiger partial charge is 0.231 e. The van der Waals surface area contributed by atoms with Crippen molar-refractivity contribution in [2.45, 2.75) is 5.16 Å². The predicted octanol–water partition coefficient (Wildman–Crippen LogP) is -0.739. The van der Waals surface area contributed by atoms with Crippen LogP contribution in [-0.2, 0) is 7.05 Å². The van der Waals surface area contributed by atoms with Gasteiger partial charge in [0.05, 0.1) is 7.05 Å². The first-order valence-electron chi connectivity index (χ1n) is 2.90. The van der Waals surface area contributed by atoms with Crippen molar-refractivity contribution in [2.75, 3.05) is 12.3 Å². The van der Waals surface area contributed by atoms with Crippen LogP contribution in [0.5, 0.6) is 0 Å². The van der Waals surface area contributed by atoms with Gasteiger partial charge < -0.3 is 5.73 Å². The maximum Gasteiger partial charge on any atom is 0.231 e. The molecule has 0 saturated heterocycles. The molecule has 0 aliphatic heterocycles. The number of tetrazole rings is 1. The van der Waals surface area contributed by atoms with E-state index in [1.54, 1.807) is 7.05 Å². The molecule has 0 aliphatic carbocycles.